The van der Waals surface area contributed by atoms with Crippen LogP contribution in [0.25, 0.3) is 0 Å². The van der Waals surface area contributed by atoms with Crippen LogP contribution in [-0.4, -0.2) is 18.6 Å². The average molecular weight is 258 g/mol. The van der Waals surface area contributed by atoms with E-state index in [0.29, 0.717) is 6.04 Å². The van der Waals surface area contributed by atoms with Gasteiger partial charge in [-0.25, -0.2) is 0 Å². The molecule has 0 aromatic heterocycles. The molecule has 3 rings (SSSR count). The van der Waals surface area contributed by atoms with Crippen LogP contribution in [0.15, 0.2) is 18.2 Å². The molecule has 2 bridgehead atoms. The molecule has 1 saturated heterocycles. The van der Waals surface area contributed by atoms with Crippen molar-refractivity contribution in [2.45, 2.75) is 58.0 Å². The third-order valence-electron chi connectivity index (χ3n) is 5.07. The summed E-state index contributed by atoms with van der Waals surface area (Å²) >= 11 is 0. The van der Waals surface area contributed by atoms with Crippen molar-refractivity contribution < 1.29 is 0 Å². The zero-order valence-corrected chi connectivity index (χ0v) is 12.2. The zero-order valence-electron chi connectivity index (χ0n) is 12.2. The van der Waals surface area contributed by atoms with Gasteiger partial charge in [-0.1, -0.05) is 13.0 Å². The summed E-state index contributed by atoms with van der Waals surface area (Å²) in [4.78, 5) is 2.63. The van der Waals surface area contributed by atoms with Gasteiger partial charge in [-0.05, 0) is 68.2 Å². The third-order valence-corrected chi connectivity index (χ3v) is 5.07. The number of benzene rings is 1. The van der Waals surface area contributed by atoms with Gasteiger partial charge in [-0.15, -0.1) is 0 Å². The fourth-order valence-corrected chi connectivity index (χ4v) is 3.76. The molecular formula is C17H26N2. The molecule has 1 aliphatic heterocycles. The van der Waals surface area contributed by atoms with Crippen molar-refractivity contribution in [2.24, 2.45) is 11.7 Å². The van der Waals surface area contributed by atoms with Gasteiger partial charge in [0, 0.05) is 24.3 Å². The first-order valence-corrected chi connectivity index (χ1v) is 7.79. The van der Waals surface area contributed by atoms with Crippen LogP contribution in [0.1, 0.15) is 43.7 Å². The second-order valence-electron chi connectivity index (χ2n) is 6.47. The van der Waals surface area contributed by atoms with E-state index in [1.807, 2.05) is 0 Å². The Balaban J connectivity index is 1.76. The fourth-order valence-electron chi connectivity index (χ4n) is 3.76. The number of fused-ring (bicyclic) bond motifs is 2. The topological polar surface area (TPSA) is 29.3 Å². The molecule has 104 valence electrons. The monoisotopic (exact) mass is 258 g/mol. The number of rotatable bonds is 4. The molecule has 1 aromatic carbocycles. The normalized spacial score (nSPS) is 27.0. The largest absolute Gasteiger partial charge is 0.368 e. The summed E-state index contributed by atoms with van der Waals surface area (Å²) < 4.78 is 0. The van der Waals surface area contributed by atoms with Gasteiger partial charge >= 0.3 is 0 Å². The maximum Gasteiger partial charge on any atom is 0.0371 e. The van der Waals surface area contributed by atoms with E-state index in [9.17, 15) is 0 Å². The Hall–Kier alpha value is -1.02. The molecule has 0 amide bonds. The van der Waals surface area contributed by atoms with Crippen LogP contribution >= 0.6 is 0 Å². The Morgan fingerprint density at radius 1 is 1.37 bits per heavy atom. The van der Waals surface area contributed by atoms with Gasteiger partial charge in [-0.3, -0.25) is 0 Å². The number of anilines is 1. The summed E-state index contributed by atoms with van der Waals surface area (Å²) in [5.41, 5.74) is 10.3. The average Bonchev–Trinajstić information content (AvgIpc) is 3.03. The van der Waals surface area contributed by atoms with Crippen molar-refractivity contribution in [3.63, 3.8) is 0 Å². The third kappa shape index (κ3) is 2.51. The van der Waals surface area contributed by atoms with E-state index in [4.69, 9.17) is 5.73 Å². The molecule has 0 radical (unpaired) electrons. The Morgan fingerprint density at radius 3 is 2.79 bits per heavy atom. The van der Waals surface area contributed by atoms with E-state index in [1.54, 1.807) is 0 Å². The first-order valence-electron chi connectivity index (χ1n) is 7.79. The fraction of sp³-hybridized carbons (Fsp3) is 0.647. The summed E-state index contributed by atoms with van der Waals surface area (Å²) in [5, 5.41) is 0. The molecule has 1 aromatic rings. The number of nitrogens with zero attached hydrogens (tertiary/aromatic N) is 1. The molecular weight excluding hydrogens is 232 g/mol. The first-order chi connectivity index (χ1) is 9.17. The van der Waals surface area contributed by atoms with Gasteiger partial charge in [0.2, 0.25) is 0 Å². The maximum absolute atomic E-state index is 6.07. The van der Waals surface area contributed by atoms with E-state index in [2.05, 4.69) is 36.9 Å². The molecule has 1 heterocycles. The molecule has 2 fully saturated rings. The van der Waals surface area contributed by atoms with Crippen molar-refractivity contribution >= 4 is 5.69 Å². The highest BCUT2D eigenvalue weighted by Crippen LogP contribution is 2.40. The Bertz CT molecular complexity index is 455. The lowest BCUT2D eigenvalue weighted by atomic mass is 9.99. The van der Waals surface area contributed by atoms with Crippen LogP contribution in [0.4, 0.5) is 5.69 Å². The molecule has 2 aliphatic rings. The highest BCUT2D eigenvalue weighted by atomic mass is 15.2. The molecule has 2 heteroatoms. The summed E-state index contributed by atoms with van der Waals surface area (Å²) in [7, 11) is 0. The Labute approximate surface area is 117 Å². The standard InChI is InChI=1S/C17H26N2/c1-3-15(18)10-14-5-7-16(8-12(14)2)19-11-13-4-6-17(19)9-13/h5,7-8,13,15,17H,3-4,6,9-11,18H2,1-2H3. The van der Waals surface area contributed by atoms with Crippen molar-refractivity contribution in [3.05, 3.63) is 29.3 Å². The van der Waals surface area contributed by atoms with Gasteiger partial charge in [0.15, 0.2) is 0 Å². The molecule has 3 unspecified atom stereocenters. The maximum atomic E-state index is 6.07. The summed E-state index contributed by atoms with van der Waals surface area (Å²) in [6.07, 6.45) is 6.32. The summed E-state index contributed by atoms with van der Waals surface area (Å²) in [6.45, 7) is 5.67. The number of piperidine rings is 1. The van der Waals surface area contributed by atoms with Crippen LogP contribution in [0.2, 0.25) is 0 Å². The SMILES string of the molecule is CCC(N)Cc1ccc(N2CC3CCC2C3)cc1C. The van der Waals surface area contributed by atoms with Crippen LogP contribution in [-0.2, 0) is 6.42 Å². The van der Waals surface area contributed by atoms with Gasteiger partial charge in [-0.2, -0.15) is 0 Å². The van der Waals surface area contributed by atoms with Gasteiger partial charge in [0.25, 0.3) is 0 Å². The van der Waals surface area contributed by atoms with Gasteiger partial charge in [0.05, 0.1) is 0 Å². The second-order valence-corrected chi connectivity index (χ2v) is 6.47. The lowest BCUT2D eigenvalue weighted by Crippen LogP contribution is -2.31. The summed E-state index contributed by atoms with van der Waals surface area (Å²) in [6, 6.07) is 8.09. The van der Waals surface area contributed by atoms with Crippen LogP contribution in [0.3, 0.4) is 0 Å². The number of hydrogen-bond acceptors (Lipinski definition) is 2. The van der Waals surface area contributed by atoms with E-state index in [0.717, 1.165) is 24.8 Å². The minimum atomic E-state index is 0.298. The summed E-state index contributed by atoms with van der Waals surface area (Å²) in [5.74, 6) is 0.957. The van der Waals surface area contributed by atoms with Crippen LogP contribution in [0.5, 0.6) is 0 Å². The Kier molecular flexibility index (Phi) is 3.53. The minimum Gasteiger partial charge on any atom is -0.368 e. The van der Waals surface area contributed by atoms with E-state index in [-0.39, 0.29) is 0 Å². The van der Waals surface area contributed by atoms with Gasteiger partial charge in [0.1, 0.15) is 0 Å². The molecule has 1 saturated carbocycles. The number of aryl methyl sites for hydroxylation is 1. The van der Waals surface area contributed by atoms with E-state index >= 15 is 0 Å². The smallest absolute Gasteiger partial charge is 0.0371 e. The van der Waals surface area contributed by atoms with Crippen molar-refractivity contribution in [1.82, 2.24) is 0 Å². The van der Waals surface area contributed by atoms with Crippen molar-refractivity contribution in [1.29, 1.82) is 0 Å². The number of nitrogens with two attached hydrogens (primary N) is 1. The molecule has 1 aliphatic carbocycles. The predicted molar refractivity (Wildman–Crippen MR) is 81.6 cm³/mol. The second kappa shape index (κ2) is 5.16. The highest BCUT2D eigenvalue weighted by Gasteiger charge is 2.37. The van der Waals surface area contributed by atoms with Crippen molar-refractivity contribution in [2.75, 3.05) is 11.4 Å². The quantitative estimate of drug-likeness (QED) is 0.898. The molecule has 2 nitrogen and oxygen atoms in total. The lowest BCUT2D eigenvalue weighted by molar-refractivity contribution is 0.553. The molecule has 19 heavy (non-hydrogen) atoms. The molecule has 2 N–H and O–H groups in total. The van der Waals surface area contributed by atoms with Crippen molar-refractivity contribution in [3.8, 4) is 0 Å². The van der Waals surface area contributed by atoms with Crippen LogP contribution in [0, 0.1) is 12.8 Å². The first kappa shape index (κ1) is 13.0. The lowest BCUT2D eigenvalue weighted by Gasteiger charge is -2.30. The zero-order chi connectivity index (χ0) is 13.4. The minimum absolute atomic E-state index is 0.298. The highest BCUT2D eigenvalue weighted by molar-refractivity contribution is 5.53. The van der Waals surface area contributed by atoms with Gasteiger partial charge < -0.3 is 10.6 Å². The predicted octanol–water partition coefficient (Wildman–Crippen LogP) is 3.26. The number of hydrogen-bond donors (Lipinski definition) is 1. The van der Waals surface area contributed by atoms with E-state index < -0.39 is 0 Å². The van der Waals surface area contributed by atoms with Crippen LogP contribution < -0.4 is 10.6 Å². The van der Waals surface area contributed by atoms with E-state index in [1.165, 1.54) is 42.6 Å². The molecule has 3 atom stereocenters. The molecule has 0 spiro atoms. The Morgan fingerprint density at radius 2 is 2.21 bits per heavy atom.